The minimum atomic E-state index is -0.131. The number of hydrogen-bond acceptors (Lipinski definition) is 3. The highest BCUT2D eigenvalue weighted by Gasteiger charge is 2.07. The second-order valence-corrected chi connectivity index (χ2v) is 4.24. The molecule has 1 aromatic carbocycles. The molecule has 2 amide bonds. The molecule has 0 radical (unpaired) electrons. The first-order valence-electron chi connectivity index (χ1n) is 5.97. The molecule has 2 N–H and O–H groups in total. The molecule has 5 heteroatoms. The summed E-state index contributed by atoms with van der Waals surface area (Å²) >= 11 is 0. The molecule has 0 bridgehead atoms. The van der Waals surface area contributed by atoms with Crippen molar-refractivity contribution in [3.8, 4) is 0 Å². The van der Waals surface area contributed by atoms with Crippen LogP contribution in [0.2, 0.25) is 0 Å². The molecule has 0 fully saturated rings. The predicted octanol–water partition coefficient (Wildman–Crippen LogP) is 1.10. The van der Waals surface area contributed by atoms with Gasteiger partial charge in [0.1, 0.15) is 0 Å². The number of carbonyl (C=O) groups excluding carboxylic acids is 2. The molecule has 0 saturated carbocycles. The van der Waals surface area contributed by atoms with Crippen LogP contribution in [0.5, 0.6) is 0 Å². The molecule has 1 aromatic rings. The maximum atomic E-state index is 11.7. The molecule has 5 nitrogen and oxygen atoms in total. The minimum absolute atomic E-state index is 0.0643. The van der Waals surface area contributed by atoms with E-state index in [-0.39, 0.29) is 18.4 Å². The summed E-state index contributed by atoms with van der Waals surface area (Å²) in [4.78, 5) is 24.7. The Morgan fingerprint density at radius 3 is 2.42 bits per heavy atom. The van der Waals surface area contributed by atoms with Gasteiger partial charge in [-0.15, -0.1) is 6.58 Å². The van der Waals surface area contributed by atoms with Crippen LogP contribution >= 0.6 is 0 Å². The lowest BCUT2D eigenvalue weighted by Crippen LogP contribution is -2.28. The Hall–Kier alpha value is -2.14. The first-order chi connectivity index (χ1) is 9.04. The van der Waals surface area contributed by atoms with Crippen LogP contribution in [-0.2, 0) is 4.79 Å². The summed E-state index contributed by atoms with van der Waals surface area (Å²) in [6.45, 7) is 4.37. The average Bonchev–Trinajstić information content (AvgIpc) is 2.39. The van der Waals surface area contributed by atoms with Crippen LogP contribution in [0.3, 0.4) is 0 Å². The molecule has 0 aliphatic rings. The number of benzene rings is 1. The van der Waals surface area contributed by atoms with E-state index in [0.29, 0.717) is 17.8 Å². The van der Waals surface area contributed by atoms with Crippen LogP contribution in [0.1, 0.15) is 10.4 Å². The Bertz CT molecular complexity index is 452. The molecule has 0 heterocycles. The van der Waals surface area contributed by atoms with Gasteiger partial charge < -0.3 is 15.5 Å². The van der Waals surface area contributed by atoms with E-state index >= 15 is 0 Å². The standard InChI is InChI=1S/C14H19N3O2/c1-4-9-15-10-13(18)16-12-7-5-11(6-8-12)14(19)17(2)3/h4-8,15H,1,9-10H2,2-3H3,(H,16,18). The fourth-order valence-corrected chi connectivity index (χ4v) is 1.45. The van der Waals surface area contributed by atoms with E-state index in [1.54, 1.807) is 44.4 Å². The second-order valence-electron chi connectivity index (χ2n) is 4.24. The number of rotatable bonds is 6. The van der Waals surface area contributed by atoms with Crippen molar-refractivity contribution in [3.63, 3.8) is 0 Å². The van der Waals surface area contributed by atoms with Gasteiger partial charge in [-0.3, -0.25) is 9.59 Å². The third-order valence-corrected chi connectivity index (χ3v) is 2.40. The molecular weight excluding hydrogens is 242 g/mol. The number of anilines is 1. The molecular formula is C14H19N3O2. The number of nitrogens with one attached hydrogen (secondary N) is 2. The van der Waals surface area contributed by atoms with Crippen molar-refractivity contribution in [2.24, 2.45) is 0 Å². The lowest BCUT2D eigenvalue weighted by Gasteiger charge is -2.11. The highest BCUT2D eigenvalue weighted by atomic mass is 16.2. The van der Waals surface area contributed by atoms with Crippen LogP contribution in [0, 0.1) is 0 Å². The Morgan fingerprint density at radius 2 is 1.89 bits per heavy atom. The summed E-state index contributed by atoms with van der Waals surface area (Å²) in [7, 11) is 3.40. The largest absolute Gasteiger partial charge is 0.345 e. The average molecular weight is 261 g/mol. The molecule has 102 valence electrons. The summed E-state index contributed by atoms with van der Waals surface area (Å²) in [5.41, 5.74) is 1.26. The number of nitrogens with zero attached hydrogens (tertiary/aromatic N) is 1. The molecule has 0 atom stereocenters. The van der Waals surface area contributed by atoms with Crippen molar-refractivity contribution < 1.29 is 9.59 Å². The molecule has 0 saturated heterocycles. The molecule has 0 aliphatic carbocycles. The minimum Gasteiger partial charge on any atom is -0.345 e. The first kappa shape index (κ1) is 14.9. The first-order valence-corrected chi connectivity index (χ1v) is 5.97. The van der Waals surface area contributed by atoms with E-state index in [1.165, 1.54) is 4.90 Å². The van der Waals surface area contributed by atoms with Crippen molar-refractivity contribution in [2.45, 2.75) is 0 Å². The van der Waals surface area contributed by atoms with Gasteiger partial charge in [0.25, 0.3) is 5.91 Å². The molecule has 0 aromatic heterocycles. The molecule has 1 rings (SSSR count). The molecule has 0 spiro atoms. The third kappa shape index (κ3) is 4.93. The summed E-state index contributed by atoms with van der Waals surface area (Å²) in [5, 5.41) is 5.64. The summed E-state index contributed by atoms with van der Waals surface area (Å²) in [6, 6.07) is 6.80. The summed E-state index contributed by atoms with van der Waals surface area (Å²) in [5.74, 6) is -0.195. The van der Waals surface area contributed by atoms with Crippen LogP contribution in [0.4, 0.5) is 5.69 Å². The van der Waals surface area contributed by atoms with Gasteiger partial charge in [0, 0.05) is 31.9 Å². The molecule has 19 heavy (non-hydrogen) atoms. The quantitative estimate of drug-likeness (QED) is 0.595. The van der Waals surface area contributed by atoms with Gasteiger partial charge >= 0.3 is 0 Å². The number of hydrogen-bond donors (Lipinski definition) is 2. The Labute approximate surface area is 113 Å². The van der Waals surface area contributed by atoms with Crippen LogP contribution in [-0.4, -0.2) is 43.9 Å². The topological polar surface area (TPSA) is 61.4 Å². The Balaban J connectivity index is 2.54. The summed E-state index contributed by atoms with van der Waals surface area (Å²) < 4.78 is 0. The van der Waals surface area contributed by atoms with Crippen LogP contribution in [0.15, 0.2) is 36.9 Å². The monoisotopic (exact) mass is 261 g/mol. The van der Waals surface area contributed by atoms with Crippen molar-refractivity contribution in [2.75, 3.05) is 32.5 Å². The fourth-order valence-electron chi connectivity index (χ4n) is 1.45. The van der Waals surface area contributed by atoms with Crippen molar-refractivity contribution >= 4 is 17.5 Å². The highest BCUT2D eigenvalue weighted by molar-refractivity contribution is 5.95. The van der Waals surface area contributed by atoms with E-state index in [0.717, 1.165) is 0 Å². The van der Waals surface area contributed by atoms with E-state index in [2.05, 4.69) is 17.2 Å². The van der Waals surface area contributed by atoms with Crippen LogP contribution in [0.25, 0.3) is 0 Å². The maximum absolute atomic E-state index is 11.7. The second kappa shape index (κ2) is 7.33. The molecule has 0 unspecified atom stereocenters. The number of amides is 2. The van der Waals surface area contributed by atoms with Crippen molar-refractivity contribution in [1.82, 2.24) is 10.2 Å². The highest BCUT2D eigenvalue weighted by Crippen LogP contribution is 2.10. The maximum Gasteiger partial charge on any atom is 0.253 e. The lowest BCUT2D eigenvalue weighted by atomic mass is 10.2. The van der Waals surface area contributed by atoms with Gasteiger partial charge in [-0.05, 0) is 24.3 Å². The molecule has 0 aliphatic heterocycles. The Morgan fingerprint density at radius 1 is 1.26 bits per heavy atom. The van der Waals surface area contributed by atoms with Gasteiger partial charge in [0.15, 0.2) is 0 Å². The zero-order valence-electron chi connectivity index (χ0n) is 11.3. The van der Waals surface area contributed by atoms with Crippen LogP contribution < -0.4 is 10.6 Å². The van der Waals surface area contributed by atoms with Crippen molar-refractivity contribution in [3.05, 3.63) is 42.5 Å². The van der Waals surface area contributed by atoms with Gasteiger partial charge in [-0.2, -0.15) is 0 Å². The normalized spacial score (nSPS) is 9.79. The smallest absolute Gasteiger partial charge is 0.253 e. The van der Waals surface area contributed by atoms with Gasteiger partial charge in [-0.25, -0.2) is 0 Å². The number of carbonyl (C=O) groups is 2. The van der Waals surface area contributed by atoms with E-state index in [4.69, 9.17) is 0 Å². The zero-order chi connectivity index (χ0) is 14.3. The lowest BCUT2D eigenvalue weighted by molar-refractivity contribution is -0.115. The van der Waals surface area contributed by atoms with E-state index in [9.17, 15) is 9.59 Å². The Kier molecular flexibility index (Phi) is 5.75. The summed E-state index contributed by atoms with van der Waals surface area (Å²) in [6.07, 6.45) is 1.69. The van der Waals surface area contributed by atoms with E-state index < -0.39 is 0 Å². The van der Waals surface area contributed by atoms with Gasteiger partial charge in [-0.1, -0.05) is 6.08 Å². The zero-order valence-corrected chi connectivity index (χ0v) is 11.3. The van der Waals surface area contributed by atoms with E-state index in [1.807, 2.05) is 0 Å². The fraction of sp³-hybridized carbons (Fsp3) is 0.286. The van der Waals surface area contributed by atoms with Gasteiger partial charge in [0.2, 0.25) is 5.91 Å². The van der Waals surface area contributed by atoms with Gasteiger partial charge in [0.05, 0.1) is 6.54 Å². The predicted molar refractivity (Wildman–Crippen MR) is 76.2 cm³/mol. The SMILES string of the molecule is C=CCNCC(=O)Nc1ccc(C(=O)N(C)C)cc1. The third-order valence-electron chi connectivity index (χ3n) is 2.40. The van der Waals surface area contributed by atoms with Crippen molar-refractivity contribution in [1.29, 1.82) is 0 Å².